The van der Waals surface area contributed by atoms with Gasteiger partial charge in [0.05, 0.1) is 12.6 Å². The van der Waals surface area contributed by atoms with Gasteiger partial charge in [0.2, 0.25) is 0 Å². The van der Waals surface area contributed by atoms with Crippen LogP contribution in [-0.2, 0) is 0 Å². The van der Waals surface area contributed by atoms with Crippen molar-refractivity contribution in [1.29, 1.82) is 0 Å². The molecule has 78 valence electrons. The first-order valence-corrected chi connectivity index (χ1v) is 4.28. The number of hydrogen-bond donors (Lipinski definition) is 1. The number of aliphatic hydroxyl groups is 1. The summed E-state index contributed by atoms with van der Waals surface area (Å²) in [5.41, 5.74) is 0.305. The molecule has 0 aliphatic rings. The van der Waals surface area contributed by atoms with Crippen LogP contribution in [-0.4, -0.2) is 30.7 Å². The van der Waals surface area contributed by atoms with Crippen LogP contribution >= 0.6 is 0 Å². The van der Waals surface area contributed by atoms with Gasteiger partial charge in [-0.15, -0.1) is 0 Å². The number of aliphatic hydroxyl groups excluding tert-OH is 1. The maximum atomic E-state index is 13.3. The standard InChI is InChI=1S/C10H13F2NO/c1-13(2)10(6-14)8-4-3-7(11)5-9(8)12/h3-5,10,14H,6H2,1-2H3. The highest BCUT2D eigenvalue weighted by Crippen LogP contribution is 2.21. The molecule has 1 rings (SSSR count). The average molecular weight is 201 g/mol. The Labute approximate surface area is 81.8 Å². The first-order valence-electron chi connectivity index (χ1n) is 4.28. The highest BCUT2D eigenvalue weighted by molar-refractivity contribution is 5.22. The van der Waals surface area contributed by atoms with Crippen molar-refractivity contribution in [2.75, 3.05) is 20.7 Å². The molecule has 14 heavy (non-hydrogen) atoms. The SMILES string of the molecule is CN(C)C(CO)c1ccc(F)cc1F. The van der Waals surface area contributed by atoms with E-state index in [4.69, 9.17) is 5.11 Å². The molecule has 0 bridgehead atoms. The Morgan fingerprint density at radius 1 is 1.36 bits per heavy atom. The van der Waals surface area contributed by atoms with Crippen molar-refractivity contribution in [3.63, 3.8) is 0 Å². The molecule has 1 aromatic carbocycles. The van der Waals surface area contributed by atoms with Gasteiger partial charge < -0.3 is 10.0 Å². The third kappa shape index (κ3) is 2.27. The Hall–Kier alpha value is -1.00. The van der Waals surface area contributed by atoms with Crippen LogP contribution in [0, 0.1) is 11.6 Å². The van der Waals surface area contributed by atoms with Gasteiger partial charge in [-0.05, 0) is 20.2 Å². The minimum atomic E-state index is -0.627. The van der Waals surface area contributed by atoms with Crippen LogP contribution in [0.3, 0.4) is 0 Å². The molecule has 0 saturated carbocycles. The molecule has 0 fully saturated rings. The lowest BCUT2D eigenvalue weighted by Gasteiger charge is -2.22. The molecule has 1 atom stereocenters. The third-order valence-electron chi connectivity index (χ3n) is 2.12. The highest BCUT2D eigenvalue weighted by Gasteiger charge is 2.17. The topological polar surface area (TPSA) is 23.5 Å². The summed E-state index contributed by atoms with van der Waals surface area (Å²) >= 11 is 0. The van der Waals surface area contributed by atoms with Crippen molar-refractivity contribution in [2.24, 2.45) is 0 Å². The molecule has 1 N–H and O–H groups in total. The van der Waals surface area contributed by atoms with Crippen LogP contribution in [0.2, 0.25) is 0 Å². The van der Waals surface area contributed by atoms with Crippen molar-refractivity contribution < 1.29 is 13.9 Å². The molecule has 0 amide bonds. The van der Waals surface area contributed by atoms with Gasteiger partial charge in [0.15, 0.2) is 0 Å². The van der Waals surface area contributed by atoms with E-state index in [0.29, 0.717) is 5.56 Å². The van der Waals surface area contributed by atoms with E-state index in [0.717, 1.165) is 6.07 Å². The Bertz CT molecular complexity index is 315. The van der Waals surface area contributed by atoms with Crippen LogP contribution in [0.25, 0.3) is 0 Å². The lowest BCUT2D eigenvalue weighted by Crippen LogP contribution is -2.24. The molecule has 2 nitrogen and oxygen atoms in total. The van der Waals surface area contributed by atoms with E-state index in [1.807, 2.05) is 0 Å². The summed E-state index contributed by atoms with van der Waals surface area (Å²) in [5, 5.41) is 9.04. The van der Waals surface area contributed by atoms with Crippen molar-refractivity contribution in [3.05, 3.63) is 35.4 Å². The van der Waals surface area contributed by atoms with Crippen LogP contribution in [0.1, 0.15) is 11.6 Å². The van der Waals surface area contributed by atoms with Crippen LogP contribution in [0.5, 0.6) is 0 Å². The van der Waals surface area contributed by atoms with Crippen molar-refractivity contribution >= 4 is 0 Å². The van der Waals surface area contributed by atoms with Crippen molar-refractivity contribution in [1.82, 2.24) is 4.90 Å². The lowest BCUT2D eigenvalue weighted by molar-refractivity contribution is 0.167. The summed E-state index contributed by atoms with van der Waals surface area (Å²) in [5.74, 6) is -1.24. The van der Waals surface area contributed by atoms with E-state index in [1.165, 1.54) is 12.1 Å². The molecule has 1 unspecified atom stereocenters. The van der Waals surface area contributed by atoms with Gasteiger partial charge in [-0.25, -0.2) is 8.78 Å². The van der Waals surface area contributed by atoms with Gasteiger partial charge in [-0.2, -0.15) is 0 Å². The number of halogens is 2. The third-order valence-corrected chi connectivity index (χ3v) is 2.12. The van der Waals surface area contributed by atoms with Gasteiger partial charge in [0.1, 0.15) is 11.6 Å². The average Bonchev–Trinajstić information content (AvgIpc) is 2.09. The zero-order valence-corrected chi connectivity index (χ0v) is 8.17. The van der Waals surface area contributed by atoms with E-state index in [2.05, 4.69) is 0 Å². The largest absolute Gasteiger partial charge is 0.394 e. The molecular formula is C10H13F2NO. The normalized spacial score (nSPS) is 13.3. The van der Waals surface area contributed by atoms with Gasteiger partial charge in [0, 0.05) is 11.6 Å². The minimum Gasteiger partial charge on any atom is -0.394 e. The zero-order valence-electron chi connectivity index (χ0n) is 8.17. The van der Waals surface area contributed by atoms with E-state index >= 15 is 0 Å². The highest BCUT2D eigenvalue weighted by atomic mass is 19.1. The summed E-state index contributed by atoms with van der Waals surface area (Å²) in [7, 11) is 3.45. The number of nitrogens with zero attached hydrogens (tertiary/aromatic N) is 1. The summed E-state index contributed by atoms with van der Waals surface area (Å²) in [6, 6.07) is 2.92. The molecule has 0 saturated heterocycles. The summed E-state index contributed by atoms with van der Waals surface area (Å²) in [6.07, 6.45) is 0. The van der Waals surface area contributed by atoms with Crippen LogP contribution in [0.15, 0.2) is 18.2 Å². The fraction of sp³-hybridized carbons (Fsp3) is 0.400. The Morgan fingerprint density at radius 2 is 2.00 bits per heavy atom. The van der Waals surface area contributed by atoms with E-state index in [1.54, 1.807) is 19.0 Å². The van der Waals surface area contributed by atoms with Gasteiger partial charge in [-0.3, -0.25) is 0 Å². The van der Waals surface area contributed by atoms with E-state index in [-0.39, 0.29) is 6.61 Å². The summed E-state index contributed by atoms with van der Waals surface area (Å²) < 4.78 is 25.9. The molecule has 0 heterocycles. The molecule has 1 aromatic rings. The molecule has 0 aliphatic heterocycles. The second-order valence-electron chi connectivity index (χ2n) is 3.33. The summed E-state index contributed by atoms with van der Waals surface area (Å²) in [6.45, 7) is -0.199. The monoisotopic (exact) mass is 201 g/mol. The fourth-order valence-electron chi connectivity index (χ4n) is 1.31. The molecule has 0 spiro atoms. The quantitative estimate of drug-likeness (QED) is 0.802. The number of hydrogen-bond acceptors (Lipinski definition) is 2. The molecule has 0 aliphatic carbocycles. The maximum Gasteiger partial charge on any atom is 0.130 e. The number of rotatable bonds is 3. The van der Waals surface area contributed by atoms with E-state index in [9.17, 15) is 8.78 Å². The second kappa shape index (κ2) is 4.48. The first-order chi connectivity index (χ1) is 6.56. The molecular weight excluding hydrogens is 188 g/mol. The lowest BCUT2D eigenvalue weighted by atomic mass is 10.1. The maximum absolute atomic E-state index is 13.3. The molecule has 0 aromatic heterocycles. The smallest absolute Gasteiger partial charge is 0.130 e. The minimum absolute atomic E-state index is 0.199. The van der Waals surface area contributed by atoms with Crippen LogP contribution in [0.4, 0.5) is 8.78 Å². The fourth-order valence-corrected chi connectivity index (χ4v) is 1.31. The van der Waals surface area contributed by atoms with Crippen LogP contribution < -0.4 is 0 Å². The Balaban J connectivity index is 3.04. The van der Waals surface area contributed by atoms with E-state index < -0.39 is 17.7 Å². The molecule has 4 heteroatoms. The zero-order chi connectivity index (χ0) is 10.7. The predicted octanol–water partition coefficient (Wildman–Crippen LogP) is 1.56. The summed E-state index contributed by atoms with van der Waals surface area (Å²) in [4.78, 5) is 1.68. The Kier molecular flexibility index (Phi) is 3.55. The van der Waals surface area contributed by atoms with Crippen molar-refractivity contribution in [3.8, 4) is 0 Å². The second-order valence-corrected chi connectivity index (χ2v) is 3.33. The van der Waals surface area contributed by atoms with Gasteiger partial charge >= 0.3 is 0 Å². The first kappa shape index (κ1) is 11.1. The van der Waals surface area contributed by atoms with Crippen molar-refractivity contribution in [2.45, 2.75) is 6.04 Å². The predicted molar refractivity (Wildman–Crippen MR) is 49.9 cm³/mol. The van der Waals surface area contributed by atoms with Gasteiger partial charge in [-0.1, -0.05) is 6.07 Å². The Morgan fingerprint density at radius 3 is 2.43 bits per heavy atom. The van der Waals surface area contributed by atoms with Gasteiger partial charge in [0.25, 0.3) is 0 Å². The number of benzene rings is 1. The number of likely N-dealkylation sites (N-methyl/N-ethyl adjacent to an activating group) is 1. The molecule has 0 radical (unpaired) electrons.